The number of rotatable bonds is 8. The molecule has 0 saturated carbocycles. The number of hydrogen-bond acceptors (Lipinski definition) is 3. The predicted octanol–water partition coefficient (Wildman–Crippen LogP) is 4.61. The molecule has 0 spiro atoms. The smallest absolute Gasteiger partial charge is 0.170 e. The molecule has 5 heteroatoms. The first-order valence-corrected chi connectivity index (χ1v) is 9.56. The van der Waals surface area contributed by atoms with E-state index in [9.17, 15) is 0 Å². The summed E-state index contributed by atoms with van der Waals surface area (Å²) >= 11 is 7.27. The first-order valence-electron chi connectivity index (χ1n) is 8.00. The van der Waals surface area contributed by atoms with E-state index in [4.69, 9.17) is 17.0 Å². The van der Waals surface area contributed by atoms with Gasteiger partial charge in [-0.05, 0) is 66.7 Å². The number of anilines is 1. The molecule has 2 rings (SSSR count). The van der Waals surface area contributed by atoms with E-state index in [0.29, 0.717) is 5.11 Å². The van der Waals surface area contributed by atoms with Crippen LogP contribution in [0.3, 0.4) is 0 Å². The third-order valence-corrected chi connectivity index (χ3v) is 4.96. The highest BCUT2D eigenvalue weighted by Gasteiger charge is 1.99. The first-order chi connectivity index (χ1) is 11.7. The molecule has 0 saturated heterocycles. The molecule has 0 fully saturated rings. The second-order valence-electron chi connectivity index (χ2n) is 5.44. The van der Waals surface area contributed by atoms with Crippen LogP contribution in [0.5, 0.6) is 5.75 Å². The molecule has 0 aromatic heterocycles. The second kappa shape index (κ2) is 10.2. The zero-order valence-electron chi connectivity index (χ0n) is 14.2. The lowest BCUT2D eigenvalue weighted by atomic mass is 10.1. The maximum Gasteiger partial charge on any atom is 0.170 e. The van der Waals surface area contributed by atoms with Crippen molar-refractivity contribution in [3.05, 3.63) is 59.7 Å². The van der Waals surface area contributed by atoms with Gasteiger partial charge in [0.25, 0.3) is 0 Å². The number of nitrogens with one attached hydrogen (secondary N) is 2. The Balaban J connectivity index is 1.58. The van der Waals surface area contributed by atoms with Gasteiger partial charge in [-0.3, -0.25) is 0 Å². The molecule has 0 aliphatic carbocycles. The number of hydrogen-bond donors (Lipinski definition) is 2. The average molecular weight is 361 g/mol. The fourth-order valence-electron chi connectivity index (χ4n) is 2.18. The molecule has 0 amide bonds. The topological polar surface area (TPSA) is 33.3 Å². The molecule has 0 heterocycles. The molecular formula is C19H24N2OS2. The van der Waals surface area contributed by atoms with Crippen LogP contribution < -0.4 is 15.4 Å². The van der Waals surface area contributed by atoms with Crippen molar-refractivity contribution in [2.75, 3.05) is 24.7 Å². The van der Waals surface area contributed by atoms with E-state index in [0.717, 1.165) is 35.9 Å². The summed E-state index contributed by atoms with van der Waals surface area (Å²) in [4.78, 5) is 0. The van der Waals surface area contributed by atoms with Crippen LogP contribution in [0.25, 0.3) is 0 Å². The minimum absolute atomic E-state index is 0.657. The van der Waals surface area contributed by atoms with Crippen LogP contribution in [0, 0.1) is 6.92 Å². The van der Waals surface area contributed by atoms with Crippen LogP contribution in [0.4, 0.5) is 5.69 Å². The summed E-state index contributed by atoms with van der Waals surface area (Å²) in [6, 6.07) is 16.3. The van der Waals surface area contributed by atoms with Crippen molar-refractivity contribution in [2.24, 2.45) is 0 Å². The highest BCUT2D eigenvalue weighted by atomic mass is 32.2. The Morgan fingerprint density at radius 2 is 1.88 bits per heavy atom. The predicted molar refractivity (Wildman–Crippen MR) is 109 cm³/mol. The molecule has 2 aromatic rings. The average Bonchev–Trinajstić information content (AvgIpc) is 2.60. The molecule has 0 bridgehead atoms. The van der Waals surface area contributed by atoms with Crippen LogP contribution in [0.15, 0.2) is 48.5 Å². The van der Waals surface area contributed by atoms with E-state index in [1.54, 1.807) is 7.11 Å². The van der Waals surface area contributed by atoms with Gasteiger partial charge >= 0.3 is 0 Å². The lowest BCUT2D eigenvalue weighted by molar-refractivity contribution is 0.415. The fourth-order valence-corrected chi connectivity index (χ4v) is 3.44. The number of thioether (sulfide) groups is 1. The van der Waals surface area contributed by atoms with Crippen LogP contribution >= 0.6 is 24.0 Å². The molecule has 2 aromatic carbocycles. The molecule has 3 nitrogen and oxygen atoms in total. The Morgan fingerprint density at radius 3 is 2.58 bits per heavy atom. The van der Waals surface area contributed by atoms with Gasteiger partial charge in [0.2, 0.25) is 0 Å². The largest absolute Gasteiger partial charge is 0.497 e. The van der Waals surface area contributed by atoms with Crippen molar-refractivity contribution in [3.8, 4) is 5.75 Å². The first kappa shape index (κ1) is 18.6. The van der Waals surface area contributed by atoms with E-state index in [1.807, 2.05) is 36.0 Å². The van der Waals surface area contributed by atoms with Crippen molar-refractivity contribution in [1.82, 2.24) is 5.32 Å². The summed E-state index contributed by atoms with van der Waals surface area (Å²) in [6.45, 7) is 3.05. The normalized spacial score (nSPS) is 10.2. The van der Waals surface area contributed by atoms with E-state index in [-0.39, 0.29) is 0 Å². The van der Waals surface area contributed by atoms with E-state index in [1.165, 1.54) is 11.1 Å². The molecular weight excluding hydrogens is 336 g/mol. The Kier molecular flexibility index (Phi) is 7.92. The maximum absolute atomic E-state index is 5.31. The van der Waals surface area contributed by atoms with Gasteiger partial charge in [-0.25, -0.2) is 0 Å². The Bertz CT molecular complexity index is 644. The number of aryl methyl sites for hydroxylation is 1. The summed E-state index contributed by atoms with van der Waals surface area (Å²) in [5.41, 5.74) is 3.75. The molecule has 0 aliphatic heterocycles. The van der Waals surface area contributed by atoms with Gasteiger partial charge < -0.3 is 15.4 Å². The fraction of sp³-hybridized carbons (Fsp3) is 0.316. The Labute approximate surface area is 154 Å². The molecule has 0 atom stereocenters. The van der Waals surface area contributed by atoms with E-state index in [2.05, 4.69) is 41.8 Å². The highest BCUT2D eigenvalue weighted by molar-refractivity contribution is 7.98. The summed E-state index contributed by atoms with van der Waals surface area (Å²) in [5, 5.41) is 7.08. The third kappa shape index (κ3) is 6.42. The molecule has 2 N–H and O–H groups in total. The molecule has 128 valence electrons. The van der Waals surface area contributed by atoms with Gasteiger partial charge in [0.1, 0.15) is 5.75 Å². The standard InChI is InChI=1S/C19H24N2OS2/c1-15-6-3-4-7-16(15)14-24-13-5-12-20-19(23)21-17-8-10-18(22-2)11-9-17/h3-4,6-11H,5,12-14H2,1-2H3,(H2,20,21,23). The van der Waals surface area contributed by atoms with Crippen molar-refractivity contribution >= 4 is 34.8 Å². The quantitative estimate of drug-likeness (QED) is 0.530. The lowest BCUT2D eigenvalue weighted by Crippen LogP contribution is -2.29. The van der Waals surface area contributed by atoms with E-state index >= 15 is 0 Å². The molecule has 0 radical (unpaired) electrons. The van der Waals surface area contributed by atoms with Crippen LogP contribution in [-0.2, 0) is 5.75 Å². The number of thiocarbonyl (C=S) groups is 1. The zero-order valence-corrected chi connectivity index (χ0v) is 15.8. The van der Waals surface area contributed by atoms with Crippen molar-refractivity contribution in [2.45, 2.75) is 19.1 Å². The van der Waals surface area contributed by atoms with Gasteiger partial charge in [0.15, 0.2) is 5.11 Å². The van der Waals surface area contributed by atoms with Gasteiger partial charge in [-0.1, -0.05) is 24.3 Å². The number of benzene rings is 2. The molecule has 0 aliphatic rings. The van der Waals surface area contributed by atoms with Gasteiger partial charge in [-0.15, -0.1) is 0 Å². The van der Waals surface area contributed by atoms with Crippen LogP contribution in [0.1, 0.15) is 17.5 Å². The number of methoxy groups -OCH3 is 1. The van der Waals surface area contributed by atoms with E-state index < -0.39 is 0 Å². The van der Waals surface area contributed by atoms with Gasteiger partial charge in [0, 0.05) is 18.0 Å². The Hall–Kier alpha value is -1.72. The lowest BCUT2D eigenvalue weighted by Gasteiger charge is -2.11. The summed E-state index contributed by atoms with van der Waals surface area (Å²) in [6.07, 6.45) is 1.08. The van der Waals surface area contributed by atoms with Crippen LogP contribution in [-0.4, -0.2) is 24.5 Å². The van der Waals surface area contributed by atoms with Crippen LogP contribution in [0.2, 0.25) is 0 Å². The highest BCUT2D eigenvalue weighted by Crippen LogP contribution is 2.16. The zero-order chi connectivity index (χ0) is 17.2. The minimum atomic E-state index is 0.657. The monoisotopic (exact) mass is 360 g/mol. The van der Waals surface area contributed by atoms with Gasteiger partial charge in [0.05, 0.1) is 7.11 Å². The maximum atomic E-state index is 5.31. The summed E-state index contributed by atoms with van der Waals surface area (Å²) < 4.78 is 5.14. The molecule has 0 unspecified atom stereocenters. The Morgan fingerprint density at radius 1 is 1.12 bits per heavy atom. The summed E-state index contributed by atoms with van der Waals surface area (Å²) in [7, 11) is 1.66. The van der Waals surface area contributed by atoms with Gasteiger partial charge in [-0.2, -0.15) is 11.8 Å². The third-order valence-electron chi connectivity index (χ3n) is 3.62. The summed E-state index contributed by atoms with van der Waals surface area (Å²) in [5.74, 6) is 3.03. The molecule has 24 heavy (non-hydrogen) atoms. The number of ether oxygens (including phenoxy) is 1. The van der Waals surface area contributed by atoms with Crippen molar-refractivity contribution in [3.63, 3.8) is 0 Å². The van der Waals surface area contributed by atoms with Crippen molar-refractivity contribution < 1.29 is 4.74 Å². The van der Waals surface area contributed by atoms with Crippen molar-refractivity contribution in [1.29, 1.82) is 0 Å². The second-order valence-corrected chi connectivity index (χ2v) is 6.96. The SMILES string of the molecule is COc1ccc(NC(=S)NCCCSCc2ccccc2C)cc1. The minimum Gasteiger partial charge on any atom is -0.497 e.